The van der Waals surface area contributed by atoms with Gasteiger partial charge >= 0.3 is 5.97 Å². The van der Waals surface area contributed by atoms with E-state index in [2.05, 4.69) is 25.9 Å². The lowest BCUT2D eigenvalue weighted by molar-refractivity contribution is -0.136. The number of carboxylic acids is 1. The number of methoxy groups -OCH3 is 1. The molecule has 0 spiro atoms. The van der Waals surface area contributed by atoms with Crippen LogP contribution in [0.1, 0.15) is 23.4 Å². The van der Waals surface area contributed by atoms with Gasteiger partial charge in [0.05, 0.1) is 34.1 Å². The number of aliphatic carboxylic acids is 1. The van der Waals surface area contributed by atoms with Gasteiger partial charge < -0.3 is 30.5 Å². The Balaban J connectivity index is 1.23. The summed E-state index contributed by atoms with van der Waals surface area (Å²) in [5.74, 6) is 0.274. The van der Waals surface area contributed by atoms with Crippen LogP contribution in [-0.2, 0) is 22.7 Å². The topological polar surface area (TPSA) is 148 Å². The highest BCUT2D eigenvalue weighted by Crippen LogP contribution is 2.43. The van der Waals surface area contributed by atoms with Gasteiger partial charge in [-0.05, 0) is 24.6 Å². The van der Waals surface area contributed by atoms with Crippen molar-refractivity contribution in [2.24, 2.45) is 0 Å². The zero-order valence-corrected chi connectivity index (χ0v) is 27.5. The normalized spacial score (nSPS) is 14.4. The third kappa shape index (κ3) is 7.47. The number of rotatable bonds is 13. The van der Waals surface area contributed by atoms with Gasteiger partial charge in [-0.3, -0.25) is 9.59 Å². The van der Waals surface area contributed by atoms with E-state index in [1.165, 1.54) is 11.3 Å². The monoisotopic (exact) mass is 692 g/mol. The van der Waals surface area contributed by atoms with Gasteiger partial charge in [-0.25, -0.2) is 15.0 Å². The maximum atomic E-state index is 11.5. The van der Waals surface area contributed by atoms with Gasteiger partial charge in [0.15, 0.2) is 0 Å². The Labute approximate surface area is 284 Å². The number of thiazole rings is 1. The van der Waals surface area contributed by atoms with Crippen molar-refractivity contribution < 1.29 is 24.2 Å². The predicted octanol–water partition coefficient (Wildman–Crippen LogP) is 6.07. The standard InChI is InChI=1S/C33H30Cl2N6O5S/c1-45-32-18(14-36-15-19-9-11-26(42)39-19)8-10-23(40-32)22-6-2-4-20(29(22)34)21-5-3-7-24(30(21)35)46-33-31-25(12-13-38-33)47-27(41-31)16-37-17-28(43)44/h2-8,10,12-13,19,36-37H,9,11,14-17H2,1H3,(H,39,42)(H,43,44)/t19-/m0/s1. The molecular formula is C33H30Cl2N6O5S. The van der Waals surface area contributed by atoms with Gasteiger partial charge in [-0.15, -0.1) is 11.3 Å². The molecule has 1 amide bonds. The van der Waals surface area contributed by atoms with Gasteiger partial charge in [0, 0.05) is 60.5 Å². The summed E-state index contributed by atoms with van der Waals surface area (Å²) in [6.07, 6.45) is 3.01. The number of pyridine rings is 2. The Morgan fingerprint density at radius 1 is 1.00 bits per heavy atom. The molecule has 2 aromatic carbocycles. The zero-order chi connectivity index (χ0) is 32.9. The number of ether oxygens (including phenoxy) is 2. The van der Waals surface area contributed by atoms with Crippen LogP contribution in [0.4, 0.5) is 0 Å². The number of halogens is 2. The summed E-state index contributed by atoms with van der Waals surface area (Å²) >= 11 is 15.4. The second-order valence-electron chi connectivity index (χ2n) is 10.8. The van der Waals surface area contributed by atoms with Crippen LogP contribution in [0, 0.1) is 0 Å². The molecule has 0 radical (unpaired) electrons. The van der Waals surface area contributed by atoms with Crippen LogP contribution in [0.3, 0.4) is 0 Å². The summed E-state index contributed by atoms with van der Waals surface area (Å²) in [5, 5.41) is 19.6. The van der Waals surface area contributed by atoms with Crippen molar-refractivity contribution >= 4 is 56.6 Å². The molecule has 11 nitrogen and oxygen atoms in total. The molecule has 1 saturated heterocycles. The van der Waals surface area contributed by atoms with Crippen molar-refractivity contribution in [2.75, 3.05) is 20.2 Å². The van der Waals surface area contributed by atoms with Crippen LogP contribution in [0.25, 0.3) is 32.6 Å². The van der Waals surface area contributed by atoms with Crippen molar-refractivity contribution in [3.8, 4) is 39.9 Å². The molecule has 242 valence electrons. The number of benzene rings is 2. The van der Waals surface area contributed by atoms with Crippen molar-refractivity contribution in [1.29, 1.82) is 0 Å². The van der Waals surface area contributed by atoms with Gasteiger partial charge in [-0.1, -0.05) is 59.6 Å². The minimum absolute atomic E-state index is 0.0877. The first-order valence-corrected chi connectivity index (χ1v) is 16.3. The van der Waals surface area contributed by atoms with E-state index in [1.807, 2.05) is 48.5 Å². The van der Waals surface area contributed by atoms with E-state index < -0.39 is 5.97 Å². The third-order valence-electron chi connectivity index (χ3n) is 7.53. The maximum absolute atomic E-state index is 11.5. The van der Waals surface area contributed by atoms with Crippen molar-refractivity contribution in [3.05, 3.63) is 81.4 Å². The molecule has 0 aliphatic carbocycles. The lowest BCUT2D eigenvalue weighted by Gasteiger charge is -2.15. The Morgan fingerprint density at radius 3 is 2.55 bits per heavy atom. The van der Waals surface area contributed by atoms with Crippen molar-refractivity contribution in [1.82, 2.24) is 30.9 Å². The average molecular weight is 694 g/mol. The molecule has 0 unspecified atom stereocenters. The van der Waals surface area contributed by atoms with Crippen molar-refractivity contribution in [2.45, 2.75) is 32.0 Å². The van der Waals surface area contributed by atoms with Crippen LogP contribution in [0.2, 0.25) is 10.0 Å². The molecule has 1 fully saturated rings. The van der Waals surface area contributed by atoms with E-state index in [-0.39, 0.29) is 24.4 Å². The molecule has 4 heterocycles. The van der Waals surface area contributed by atoms with Gasteiger partial charge in [-0.2, -0.15) is 0 Å². The van der Waals surface area contributed by atoms with Gasteiger partial charge in [0.2, 0.25) is 17.7 Å². The van der Waals surface area contributed by atoms with E-state index in [1.54, 1.807) is 19.4 Å². The first-order valence-electron chi connectivity index (χ1n) is 14.8. The fourth-order valence-corrected chi connectivity index (χ4v) is 6.80. The highest BCUT2D eigenvalue weighted by molar-refractivity contribution is 7.18. The lowest BCUT2D eigenvalue weighted by Crippen LogP contribution is -2.35. The predicted molar refractivity (Wildman–Crippen MR) is 181 cm³/mol. The Morgan fingerprint density at radius 2 is 1.79 bits per heavy atom. The lowest BCUT2D eigenvalue weighted by atomic mass is 10.0. The van der Waals surface area contributed by atoms with Gasteiger partial charge in [0.1, 0.15) is 16.3 Å². The van der Waals surface area contributed by atoms with Crippen LogP contribution in [0.15, 0.2) is 60.8 Å². The molecule has 0 saturated carbocycles. The fraction of sp³-hybridized carbons (Fsp3) is 0.242. The molecule has 47 heavy (non-hydrogen) atoms. The molecule has 1 aliphatic heterocycles. The fourth-order valence-electron chi connectivity index (χ4n) is 5.29. The molecular weight excluding hydrogens is 663 g/mol. The number of hydrogen-bond donors (Lipinski definition) is 4. The molecule has 5 aromatic rings. The van der Waals surface area contributed by atoms with Crippen molar-refractivity contribution in [3.63, 3.8) is 0 Å². The first kappa shape index (κ1) is 32.6. The largest absolute Gasteiger partial charge is 0.481 e. The van der Waals surface area contributed by atoms with E-state index in [4.69, 9.17) is 42.8 Å². The minimum atomic E-state index is -0.942. The van der Waals surface area contributed by atoms with Crippen LogP contribution < -0.4 is 25.4 Å². The molecule has 3 aromatic heterocycles. The van der Waals surface area contributed by atoms with E-state index in [0.717, 1.165) is 16.7 Å². The Bertz CT molecular complexity index is 1950. The van der Waals surface area contributed by atoms with Crippen LogP contribution in [0.5, 0.6) is 17.5 Å². The first-order chi connectivity index (χ1) is 22.8. The smallest absolute Gasteiger partial charge is 0.317 e. The van der Waals surface area contributed by atoms with Gasteiger partial charge in [0.25, 0.3) is 0 Å². The van der Waals surface area contributed by atoms with E-state index in [9.17, 15) is 9.59 Å². The van der Waals surface area contributed by atoms with E-state index >= 15 is 0 Å². The molecule has 0 bridgehead atoms. The second-order valence-corrected chi connectivity index (χ2v) is 12.6. The molecule has 6 rings (SSSR count). The third-order valence-corrected chi connectivity index (χ3v) is 9.35. The highest BCUT2D eigenvalue weighted by Gasteiger charge is 2.21. The second kappa shape index (κ2) is 14.6. The summed E-state index contributed by atoms with van der Waals surface area (Å²) in [4.78, 5) is 36.1. The van der Waals surface area contributed by atoms with E-state index in [0.29, 0.717) is 80.6 Å². The number of amides is 1. The zero-order valence-electron chi connectivity index (χ0n) is 25.2. The van der Waals surface area contributed by atoms with Crippen LogP contribution >= 0.6 is 34.5 Å². The number of hydrogen-bond acceptors (Lipinski definition) is 10. The summed E-state index contributed by atoms with van der Waals surface area (Å²) < 4.78 is 12.7. The summed E-state index contributed by atoms with van der Waals surface area (Å²) in [7, 11) is 1.58. The molecule has 14 heteroatoms. The number of nitrogens with one attached hydrogen (secondary N) is 3. The Kier molecular flexibility index (Phi) is 10.1. The minimum Gasteiger partial charge on any atom is -0.481 e. The number of aromatic nitrogens is 3. The molecule has 4 N–H and O–H groups in total. The summed E-state index contributed by atoms with van der Waals surface area (Å²) in [6, 6.07) is 16.9. The number of carbonyl (C=O) groups excluding carboxylic acids is 1. The number of nitrogens with zero attached hydrogens (tertiary/aromatic N) is 3. The summed E-state index contributed by atoms with van der Waals surface area (Å²) in [5.41, 5.74) is 4.12. The quantitative estimate of drug-likeness (QED) is 0.115. The average Bonchev–Trinajstić information content (AvgIpc) is 3.68. The highest BCUT2D eigenvalue weighted by atomic mass is 35.5. The summed E-state index contributed by atoms with van der Waals surface area (Å²) in [6.45, 7) is 1.33. The van der Waals surface area contributed by atoms with Crippen LogP contribution in [-0.4, -0.2) is 58.2 Å². The number of fused-ring (bicyclic) bond motifs is 1. The number of carbonyl (C=O) groups is 2. The Hall–Kier alpha value is -4.33. The number of carboxylic acid groups (broad SMARTS) is 1. The SMILES string of the molecule is COc1nc(-c2cccc(-c3cccc(Oc4nccc5sc(CNCC(=O)O)nc45)c3Cl)c2Cl)ccc1CNC[C@@H]1CCC(=O)N1. The molecule has 1 aliphatic rings. The molecule has 1 atom stereocenters. The maximum Gasteiger partial charge on any atom is 0.317 e.